The maximum atomic E-state index is 12.5. The molecule has 152 valence electrons. The van der Waals surface area contributed by atoms with Crippen LogP contribution >= 0.6 is 0 Å². The maximum absolute atomic E-state index is 12.5. The fraction of sp³-hybridized carbons (Fsp3) is 0.667. The second kappa shape index (κ2) is 8.90. The van der Waals surface area contributed by atoms with Crippen molar-refractivity contribution >= 4 is 11.7 Å². The molecule has 2 saturated heterocycles. The molecule has 0 atom stereocenters. The van der Waals surface area contributed by atoms with Crippen molar-refractivity contribution in [3.63, 3.8) is 0 Å². The molecule has 28 heavy (non-hydrogen) atoms. The number of hydrogen-bond acceptors (Lipinski definition) is 4. The Morgan fingerprint density at radius 3 is 2.68 bits per heavy atom. The number of carbonyl (C=O) groups excluding carboxylic acids is 1. The molecule has 0 aromatic carbocycles. The molecule has 0 spiro atoms. The maximum Gasteiger partial charge on any atom is 0.317 e. The molecule has 2 amide bonds. The summed E-state index contributed by atoms with van der Waals surface area (Å²) in [6.07, 6.45) is 7.55. The van der Waals surface area contributed by atoms with E-state index in [-0.39, 0.29) is 6.03 Å². The van der Waals surface area contributed by atoms with E-state index in [0.29, 0.717) is 5.92 Å². The number of amides is 2. The van der Waals surface area contributed by atoms with Gasteiger partial charge in [0.15, 0.2) is 5.65 Å². The highest BCUT2D eigenvalue weighted by molar-refractivity contribution is 5.74. The van der Waals surface area contributed by atoms with Gasteiger partial charge in [-0.05, 0) is 69.8 Å². The molecule has 1 N–H and O–H groups in total. The second-order valence-corrected chi connectivity index (χ2v) is 8.36. The summed E-state index contributed by atoms with van der Waals surface area (Å²) in [5, 5.41) is 11.8. The number of rotatable bonds is 5. The predicted molar refractivity (Wildman–Crippen MR) is 109 cm³/mol. The third-order valence-electron chi connectivity index (χ3n) is 6.29. The molecule has 0 radical (unpaired) electrons. The molecule has 2 aromatic heterocycles. The van der Waals surface area contributed by atoms with Crippen molar-refractivity contribution in [2.24, 2.45) is 5.92 Å². The number of carbonyl (C=O) groups is 1. The summed E-state index contributed by atoms with van der Waals surface area (Å²) in [6.45, 7) is 8.17. The fourth-order valence-corrected chi connectivity index (χ4v) is 4.37. The Labute approximate surface area is 167 Å². The molecular formula is C21H32N6O. The first-order valence-corrected chi connectivity index (χ1v) is 10.8. The Kier molecular flexibility index (Phi) is 6.10. The van der Waals surface area contributed by atoms with Crippen molar-refractivity contribution in [2.45, 2.75) is 44.9 Å². The molecule has 7 heteroatoms. The Morgan fingerprint density at radius 1 is 1.11 bits per heavy atom. The van der Waals surface area contributed by atoms with E-state index in [4.69, 9.17) is 0 Å². The number of piperidine rings is 2. The SMILES string of the molecule is CC1CCN(CCCNC(=O)N2CCC(c3nnc4ccccn34)CC2)CC1. The topological polar surface area (TPSA) is 65.8 Å². The van der Waals surface area contributed by atoms with E-state index in [1.165, 1.54) is 25.9 Å². The molecular weight excluding hydrogens is 352 g/mol. The number of likely N-dealkylation sites (tertiary alicyclic amines) is 2. The first kappa shape index (κ1) is 19.2. The highest BCUT2D eigenvalue weighted by Crippen LogP contribution is 2.27. The minimum absolute atomic E-state index is 0.0804. The van der Waals surface area contributed by atoms with Gasteiger partial charge in [-0.1, -0.05) is 13.0 Å². The van der Waals surface area contributed by atoms with E-state index >= 15 is 0 Å². The van der Waals surface area contributed by atoms with Gasteiger partial charge in [-0.2, -0.15) is 0 Å². The van der Waals surface area contributed by atoms with Gasteiger partial charge in [0.2, 0.25) is 0 Å². The molecule has 2 aromatic rings. The summed E-state index contributed by atoms with van der Waals surface area (Å²) in [5.74, 6) is 2.25. The summed E-state index contributed by atoms with van der Waals surface area (Å²) in [4.78, 5) is 16.9. The third-order valence-corrected chi connectivity index (χ3v) is 6.29. The van der Waals surface area contributed by atoms with Crippen LogP contribution in [0.15, 0.2) is 24.4 Å². The van der Waals surface area contributed by atoms with E-state index in [1.807, 2.05) is 29.3 Å². The highest BCUT2D eigenvalue weighted by atomic mass is 16.2. The minimum Gasteiger partial charge on any atom is -0.338 e. The lowest BCUT2D eigenvalue weighted by molar-refractivity contribution is 0.175. The molecule has 0 unspecified atom stereocenters. The quantitative estimate of drug-likeness (QED) is 0.805. The van der Waals surface area contributed by atoms with Gasteiger partial charge in [-0.25, -0.2) is 4.79 Å². The van der Waals surface area contributed by atoms with Gasteiger partial charge in [0.1, 0.15) is 5.82 Å². The van der Waals surface area contributed by atoms with Gasteiger partial charge in [0.25, 0.3) is 0 Å². The van der Waals surface area contributed by atoms with E-state index < -0.39 is 0 Å². The third kappa shape index (κ3) is 4.46. The standard InChI is InChI=1S/C21H32N6O/c1-17-6-13-25(14-7-17)11-4-10-22-21(28)26-15-8-18(9-16-26)20-24-23-19-5-2-3-12-27(19)20/h2-3,5,12,17-18H,4,6-11,13-16H2,1H3,(H,22,28). The van der Waals surface area contributed by atoms with Crippen LogP contribution in [0.25, 0.3) is 5.65 Å². The summed E-state index contributed by atoms with van der Waals surface area (Å²) >= 11 is 0. The highest BCUT2D eigenvalue weighted by Gasteiger charge is 2.26. The van der Waals surface area contributed by atoms with Gasteiger partial charge >= 0.3 is 6.03 Å². The molecule has 4 rings (SSSR count). The molecule has 4 heterocycles. The Balaban J connectivity index is 1.18. The average Bonchev–Trinajstić information content (AvgIpc) is 3.17. The van der Waals surface area contributed by atoms with E-state index in [2.05, 4.69) is 31.7 Å². The number of urea groups is 1. The number of aromatic nitrogens is 3. The molecule has 0 bridgehead atoms. The number of fused-ring (bicyclic) bond motifs is 1. The molecule has 7 nitrogen and oxygen atoms in total. The molecule has 0 aliphatic carbocycles. The average molecular weight is 385 g/mol. The number of nitrogens with zero attached hydrogens (tertiary/aromatic N) is 5. The number of hydrogen-bond donors (Lipinski definition) is 1. The van der Waals surface area contributed by atoms with Gasteiger partial charge in [0.05, 0.1) is 0 Å². The summed E-state index contributed by atoms with van der Waals surface area (Å²) in [6, 6.07) is 6.04. The predicted octanol–water partition coefficient (Wildman–Crippen LogP) is 2.74. The summed E-state index contributed by atoms with van der Waals surface area (Å²) in [7, 11) is 0. The normalized spacial score (nSPS) is 20.0. The van der Waals surface area contributed by atoms with Crippen LogP contribution in [0.2, 0.25) is 0 Å². The van der Waals surface area contributed by atoms with Crippen LogP contribution in [0.4, 0.5) is 4.79 Å². The van der Waals surface area contributed by atoms with Crippen LogP contribution in [0.1, 0.15) is 50.8 Å². The van der Waals surface area contributed by atoms with Crippen LogP contribution in [0.3, 0.4) is 0 Å². The first-order chi connectivity index (χ1) is 13.7. The Morgan fingerprint density at radius 2 is 1.89 bits per heavy atom. The molecule has 0 saturated carbocycles. The van der Waals surface area contributed by atoms with Crippen molar-refractivity contribution in [3.05, 3.63) is 30.2 Å². The van der Waals surface area contributed by atoms with Crippen molar-refractivity contribution < 1.29 is 4.79 Å². The van der Waals surface area contributed by atoms with E-state index in [9.17, 15) is 4.79 Å². The fourth-order valence-electron chi connectivity index (χ4n) is 4.37. The van der Waals surface area contributed by atoms with Crippen molar-refractivity contribution in [2.75, 3.05) is 39.3 Å². The zero-order valence-corrected chi connectivity index (χ0v) is 16.9. The lowest BCUT2D eigenvalue weighted by Gasteiger charge is -2.32. The number of pyridine rings is 1. The zero-order chi connectivity index (χ0) is 19.3. The molecule has 2 aliphatic heterocycles. The van der Waals surface area contributed by atoms with Crippen molar-refractivity contribution in [1.29, 1.82) is 0 Å². The second-order valence-electron chi connectivity index (χ2n) is 8.36. The Bertz CT molecular complexity index is 774. The molecule has 2 fully saturated rings. The zero-order valence-electron chi connectivity index (χ0n) is 16.9. The lowest BCUT2D eigenvalue weighted by Crippen LogP contribution is -2.45. The van der Waals surface area contributed by atoms with E-state index in [1.54, 1.807) is 0 Å². The summed E-state index contributed by atoms with van der Waals surface area (Å²) < 4.78 is 2.07. The van der Waals surface area contributed by atoms with Crippen LogP contribution in [-0.2, 0) is 0 Å². The molecule has 2 aliphatic rings. The number of nitrogens with one attached hydrogen (secondary N) is 1. The summed E-state index contributed by atoms with van der Waals surface area (Å²) in [5.41, 5.74) is 0.890. The van der Waals surface area contributed by atoms with Gasteiger partial charge in [-0.15, -0.1) is 10.2 Å². The smallest absolute Gasteiger partial charge is 0.317 e. The van der Waals surface area contributed by atoms with Crippen molar-refractivity contribution in [1.82, 2.24) is 29.7 Å². The first-order valence-electron chi connectivity index (χ1n) is 10.8. The van der Waals surface area contributed by atoms with Crippen LogP contribution in [0.5, 0.6) is 0 Å². The lowest BCUT2D eigenvalue weighted by atomic mass is 9.96. The van der Waals surface area contributed by atoms with Crippen LogP contribution < -0.4 is 5.32 Å². The van der Waals surface area contributed by atoms with Crippen LogP contribution in [0, 0.1) is 5.92 Å². The largest absolute Gasteiger partial charge is 0.338 e. The van der Waals surface area contributed by atoms with Gasteiger partial charge in [0, 0.05) is 31.7 Å². The minimum atomic E-state index is 0.0804. The van der Waals surface area contributed by atoms with Crippen LogP contribution in [-0.4, -0.2) is 69.7 Å². The Hall–Kier alpha value is -2.15. The monoisotopic (exact) mass is 384 g/mol. The van der Waals surface area contributed by atoms with Crippen molar-refractivity contribution in [3.8, 4) is 0 Å². The van der Waals surface area contributed by atoms with Gasteiger partial charge < -0.3 is 15.1 Å². The van der Waals surface area contributed by atoms with Gasteiger partial charge in [-0.3, -0.25) is 4.40 Å². The van der Waals surface area contributed by atoms with E-state index in [0.717, 1.165) is 62.8 Å².